The number of carbonyl (C=O) groups excluding carboxylic acids is 1. The van der Waals surface area contributed by atoms with Gasteiger partial charge in [-0.2, -0.15) is 0 Å². The van der Waals surface area contributed by atoms with Gasteiger partial charge in [-0.1, -0.05) is 35.9 Å². The van der Waals surface area contributed by atoms with E-state index in [0.717, 1.165) is 0 Å². The van der Waals surface area contributed by atoms with Gasteiger partial charge in [0.2, 0.25) is 5.90 Å². The maximum absolute atomic E-state index is 13.1. The summed E-state index contributed by atoms with van der Waals surface area (Å²) < 4.78 is 18.2. The van der Waals surface area contributed by atoms with Gasteiger partial charge in [-0.05, 0) is 35.9 Å². The van der Waals surface area contributed by atoms with Crippen LogP contribution in [0.1, 0.15) is 11.1 Å². The van der Waals surface area contributed by atoms with Crippen LogP contribution in [0.15, 0.2) is 59.2 Å². The predicted octanol–water partition coefficient (Wildman–Crippen LogP) is 3.82. The predicted molar refractivity (Wildman–Crippen MR) is 78.5 cm³/mol. The molecule has 0 aliphatic carbocycles. The molecule has 0 aromatic heterocycles. The fraction of sp³-hybridized carbons (Fsp3) is 0. The largest absolute Gasteiger partial charge is 0.402 e. The third kappa shape index (κ3) is 2.85. The Kier molecular flexibility index (Phi) is 3.54. The van der Waals surface area contributed by atoms with Crippen LogP contribution in [-0.2, 0) is 9.53 Å². The molecule has 21 heavy (non-hydrogen) atoms. The molecule has 1 heterocycles. The van der Waals surface area contributed by atoms with E-state index in [0.29, 0.717) is 16.1 Å². The summed E-state index contributed by atoms with van der Waals surface area (Å²) in [6.07, 6.45) is 1.47. The summed E-state index contributed by atoms with van der Waals surface area (Å²) in [5.74, 6) is -0.826. The molecule has 0 spiro atoms. The molecule has 1 aliphatic rings. The van der Waals surface area contributed by atoms with Gasteiger partial charge in [0.1, 0.15) is 5.82 Å². The number of benzene rings is 2. The summed E-state index contributed by atoms with van der Waals surface area (Å²) >= 11 is 6.04. The Hall–Kier alpha value is -2.46. The number of aliphatic imine (C=N–C) groups is 1. The average molecular weight is 302 g/mol. The zero-order chi connectivity index (χ0) is 14.8. The van der Waals surface area contributed by atoms with E-state index in [-0.39, 0.29) is 17.4 Å². The lowest BCUT2D eigenvalue weighted by molar-refractivity contribution is -0.129. The van der Waals surface area contributed by atoms with Crippen molar-refractivity contribution in [2.45, 2.75) is 0 Å². The third-order valence-electron chi connectivity index (χ3n) is 2.88. The fourth-order valence-corrected chi connectivity index (χ4v) is 2.13. The summed E-state index contributed by atoms with van der Waals surface area (Å²) in [5, 5.41) is 0.441. The molecule has 0 amide bonds. The van der Waals surface area contributed by atoms with Crippen LogP contribution in [0.4, 0.5) is 4.39 Å². The molecule has 0 saturated heterocycles. The molecular formula is C16H9ClFNO2. The number of hydrogen-bond acceptors (Lipinski definition) is 3. The molecule has 3 nitrogen and oxygen atoms in total. The van der Waals surface area contributed by atoms with E-state index in [1.165, 1.54) is 18.2 Å². The van der Waals surface area contributed by atoms with Crippen molar-refractivity contribution in [1.29, 1.82) is 0 Å². The molecule has 3 rings (SSSR count). The molecule has 0 atom stereocenters. The van der Waals surface area contributed by atoms with E-state index in [4.69, 9.17) is 16.3 Å². The summed E-state index contributed by atoms with van der Waals surface area (Å²) in [6, 6.07) is 12.8. The van der Waals surface area contributed by atoms with Crippen molar-refractivity contribution in [2.75, 3.05) is 0 Å². The maximum atomic E-state index is 13.1. The van der Waals surface area contributed by atoms with E-state index in [1.807, 2.05) is 0 Å². The van der Waals surface area contributed by atoms with Gasteiger partial charge >= 0.3 is 5.97 Å². The van der Waals surface area contributed by atoms with E-state index in [9.17, 15) is 9.18 Å². The first-order valence-corrected chi connectivity index (χ1v) is 6.54. The third-order valence-corrected chi connectivity index (χ3v) is 3.21. The van der Waals surface area contributed by atoms with Crippen molar-refractivity contribution < 1.29 is 13.9 Å². The Bertz CT molecular complexity index is 783. The lowest BCUT2D eigenvalue weighted by Crippen LogP contribution is -2.05. The highest BCUT2D eigenvalue weighted by Gasteiger charge is 2.25. The van der Waals surface area contributed by atoms with Gasteiger partial charge in [0.15, 0.2) is 5.70 Å². The molecule has 2 aromatic carbocycles. The van der Waals surface area contributed by atoms with Crippen molar-refractivity contribution in [3.8, 4) is 0 Å². The smallest absolute Gasteiger partial charge is 0.363 e. The summed E-state index contributed by atoms with van der Waals surface area (Å²) in [5.41, 5.74) is 1.18. The van der Waals surface area contributed by atoms with E-state index >= 15 is 0 Å². The number of rotatable bonds is 2. The highest BCUT2D eigenvalue weighted by molar-refractivity contribution is 6.34. The number of esters is 1. The fourth-order valence-electron chi connectivity index (χ4n) is 1.91. The molecule has 0 bridgehead atoms. The SMILES string of the molecule is O=C1OC(c2ccccc2Cl)=N/C1=C/c1cccc(F)c1. The van der Waals surface area contributed by atoms with Gasteiger partial charge in [0.25, 0.3) is 0 Å². The second kappa shape index (κ2) is 5.50. The number of carbonyl (C=O) groups is 1. The Morgan fingerprint density at radius 2 is 1.95 bits per heavy atom. The van der Waals surface area contributed by atoms with Gasteiger partial charge in [0.05, 0.1) is 10.6 Å². The molecule has 0 unspecified atom stereocenters. The molecular weight excluding hydrogens is 293 g/mol. The van der Waals surface area contributed by atoms with Crippen LogP contribution in [0.2, 0.25) is 5.02 Å². The first kappa shape index (κ1) is 13.5. The molecule has 0 saturated carbocycles. The van der Waals surface area contributed by atoms with Gasteiger partial charge in [-0.3, -0.25) is 0 Å². The summed E-state index contributed by atoms with van der Waals surface area (Å²) in [7, 11) is 0. The zero-order valence-corrected chi connectivity index (χ0v) is 11.5. The number of nitrogens with zero attached hydrogens (tertiary/aromatic N) is 1. The van der Waals surface area contributed by atoms with Gasteiger partial charge < -0.3 is 4.74 Å². The van der Waals surface area contributed by atoms with E-state index in [2.05, 4.69) is 4.99 Å². The summed E-state index contributed by atoms with van der Waals surface area (Å²) in [4.78, 5) is 15.9. The van der Waals surface area contributed by atoms with E-state index in [1.54, 1.807) is 36.4 Å². The normalized spacial score (nSPS) is 16.0. The molecule has 1 aliphatic heterocycles. The zero-order valence-electron chi connectivity index (χ0n) is 10.7. The monoisotopic (exact) mass is 301 g/mol. The van der Waals surface area contributed by atoms with Gasteiger partial charge in [-0.25, -0.2) is 14.2 Å². The highest BCUT2D eigenvalue weighted by Crippen LogP contribution is 2.23. The van der Waals surface area contributed by atoms with Crippen molar-refractivity contribution in [3.05, 3.63) is 76.2 Å². The second-order valence-electron chi connectivity index (χ2n) is 4.37. The number of ether oxygens (including phenoxy) is 1. The minimum Gasteiger partial charge on any atom is -0.402 e. The lowest BCUT2D eigenvalue weighted by atomic mass is 10.2. The molecule has 0 fully saturated rings. The number of cyclic esters (lactones) is 1. The first-order valence-electron chi connectivity index (χ1n) is 6.16. The Morgan fingerprint density at radius 3 is 2.71 bits per heavy atom. The van der Waals surface area contributed by atoms with Crippen LogP contribution in [0.3, 0.4) is 0 Å². The second-order valence-corrected chi connectivity index (χ2v) is 4.78. The standard InChI is InChI=1S/C16H9ClFNO2/c17-13-7-2-1-6-12(13)15-19-14(16(20)21-15)9-10-4-3-5-11(18)8-10/h1-9H/b14-9+. The first-order chi connectivity index (χ1) is 10.1. The minimum atomic E-state index is -0.589. The quantitative estimate of drug-likeness (QED) is 0.625. The topological polar surface area (TPSA) is 38.7 Å². The van der Waals surface area contributed by atoms with Crippen LogP contribution in [0.5, 0.6) is 0 Å². The Morgan fingerprint density at radius 1 is 1.14 bits per heavy atom. The van der Waals surface area contributed by atoms with E-state index < -0.39 is 5.97 Å². The summed E-state index contributed by atoms with van der Waals surface area (Å²) in [6.45, 7) is 0. The van der Waals surface area contributed by atoms with Gasteiger partial charge in [-0.15, -0.1) is 0 Å². The van der Waals surface area contributed by atoms with Gasteiger partial charge in [0, 0.05) is 0 Å². The van der Waals surface area contributed by atoms with Crippen LogP contribution in [0, 0.1) is 5.82 Å². The average Bonchev–Trinajstić information content (AvgIpc) is 2.80. The molecule has 104 valence electrons. The van der Waals surface area contributed by atoms with Crippen molar-refractivity contribution >= 4 is 29.5 Å². The van der Waals surface area contributed by atoms with Crippen LogP contribution in [-0.4, -0.2) is 11.9 Å². The van der Waals surface area contributed by atoms with Crippen LogP contribution < -0.4 is 0 Å². The Balaban J connectivity index is 1.98. The highest BCUT2D eigenvalue weighted by atomic mass is 35.5. The molecule has 2 aromatic rings. The number of halogens is 2. The molecule has 0 N–H and O–H groups in total. The van der Waals surface area contributed by atoms with Crippen molar-refractivity contribution in [3.63, 3.8) is 0 Å². The minimum absolute atomic E-state index is 0.107. The van der Waals surface area contributed by atoms with Crippen LogP contribution in [0.25, 0.3) is 6.08 Å². The number of hydrogen-bond donors (Lipinski definition) is 0. The molecule has 5 heteroatoms. The molecule has 0 radical (unpaired) electrons. The van der Waals surface area contributed by atoms with Crippen molar-refractivity contribution in [1.82, 2.24) is 0 Å². The van der Waals surface area contributed by atoms with Crippen LogP contribution >= 0.6 is 11.6 Å². The maximum Gasteiger partial charge on any atom is 0.363 e. The Labute approximate surface area is 125 Å². The lowest BCUT2D eigenvalue weighted by Gasteiger charge is -2.00. The van der Waals surface area contributed by atoms with Crippen molar-refractivity contribution in [2.24, 2.45) is 4.99 Å².